The maximum atomic E-state index is 11.7. The van der Waals surface area contributed by atoms with Crippen molar-refractivity contribution >= 4 is 28.7 Å². The van der Waals surface area contributed by atoms with E-state index in [0.29, 0.717) is 22.3 Å². The predicted octanol–water partition coefficient (Wildman–Crippen LogP) is 7.68. The Bertz CT molecular complexity index is 1840. The Morgan fingerprint density at radius 2 is 1.64 bits per heavy atom. The number of thiocarbonyl (C=S) groups is 1. The number of pyridine rings is 1. The molecule has 1 fully saturated rings. The molecule has 9 nitrogen and oxygen atoms in total. The minimum atomic E-state index is -0.400. The Morgan fingerprint density at radius 3 is 2.27 bits per heavy atom. The largest absolute Gasteiger partial charge is 0.495 e. The van der Waals surface area contributed by atoms with Crippen LogP contribution in [0.3, 0.4) is 0 Å². The van der Waals surface area contributed by atoms with E-state index in [2.05, 4.69) is 21.3 Å². The summed E-state index contributed by atoms with van der Waals surface area (Å²) in [5, 5.41) is 15.7. The molecule has 0 saturated carbocycles. The smallest absolute Gasteiger partial charge is 0.271 e. The minimum Gasteiger partial charge on any atom is -0.495 e. The van der Waals surface area contributed by atoms with Crippen LogP contribution in [0.15, 0.2) is 97.2 Å². The number of aryl methyl sites for hydroxylation is 2. The van der Waals surface area contributed by atoms with Crippen molar-refractivity contribution in [3.63, 3.8) is 0 Å². The van der Waals surface area contributed by atoms with Crippen molar-refractivity contribution < 1.29 is 14.4 Å². The Balaban J connectivity index is 1.44. The van der Waals surface area contributed by atoms with Crippen molar-refractivity contribution in [2.75, 3.05) is 12.0 Å². The second-order valence-electron chi connectivity index (χ2n) is 10.7. The Labute approximate surface area is 260 Å². The zero-order valence-electron chi connectivity index (χ0n) is 24.7. The maximum absolute atomic E-state index is 11.7. The number of nitro groups is 1. The lowest BCUT2D eigenvalue weighted by molar-refractivity contribution is -0.384. The molecule has 1 N–H and O–H groups in total. The molecule has 5 aromatic rings. The molecule has 0 amide bonds. The molecule has 0 aliphatic carbocycles. The number of non-ortho nitro benzene ring substituents is 1. The van der Waals surface area contributed by atoms with Crippen molar-refractivity contribution in [1.82, 2.24) is 14.9 Å². The molecular weight excluding hydrogens is 574 g/mol. The normalized spacial score (nSPS) is 16.1. The number of hydrogen-bond acceptors (Lipinski definition) is 6. The number of ether oxygens (including phenoxy) is 2. The zero-order valence-corrected chi connectivity index (χ0v) is 25.5. The molecule has 1 aliphatic rings. The molecule has 6 rings (SSSR count). The molecule has 1 aliphatic heterocycles. The number of nitro benzene ring substituents is 1. The van der Waals surface area contributed by atoms with Crippen molar-refractivity contribution in [2.45, 2.75) is 32.9 Å². The second kappa shape index (κ2) is 11.8. The highest BCUT2D eigenvalue weighted by molar-refractivity contribution is 7.80. The summed E-state index contributed by atoms with van der Waals surface area (Å²) in [6.07, 6.45) is 1.77. The van der Waals surface area contributed by atoms with E-state index in [4.69, 9.17) is 21.7 Å². The summed E-state index contributed by atoms with van der Waals surface area (Å²) in [6.45, 7) is 6.03. The highest BCUT2D eigenvalue weighted by Crippen LogP contribution is 2.45. The fraction of sp³-hybridized carbons (Fsp3) is 0.176. The third kappa shape index (κ3) is 5.35. The molecule has 0 bridgehead atoms. The third-order valence-electron chi connectivity index (χ3n) is 7.87. The summed E-state index contributed by atoms with van der Waals surface area (Å²) >= 11 is 5.94. The van der Waals surface area contributed by atoms with Gasteiger partial charge < -0.3 is 24.3 Å². The Morgan fingerprint density at radius 1 is 0.932 bits per heavy atom. The molecule has 2 aromatic heterocycles. The fourth-order valence-electron chi connectivity index (χ4n) is 5.79. The van der Waals surface area contributed by atoms with Crippen LogP contribution in [0.2, 0.25) is 0 Å². The van der Waals surface area contributed by atoms with Gasteiger partial charge in [0, 0.05) is 35.4 Å². The van der Waals surface area contributed by atoms with Crippen LogP contribution in [0.1, 0.15) is 40.3 Å². The molecule has 3 heterocycles. The van der Waals surface area contributed by atoms with E-state index in [-0.39, 0.29) is 17.8 Å². The molecule has 3 aromatic carbocycles. The third-order valence-corrected chi connectivity index (χ3v) is 8.19. The zero-order chi connectivity index (χ0) is 31.0. The Hall–Kier alpha value is -5.22. The van der Waals surface area contributed by atoms with Crippen molar-refractivity contribution in [3.05, 3.63) is 136 Å². The van der Waals surface area contributed by atoms with E-state index < -0.39 is 4.92 Å². The van der Waals surface area contributed by atoms with Crippen LogP contribution >= 0.6 is 12.2 Å². The molecule has 44 heavy (non-hydrogen) atoms. The lowest BCUT2D eigenvalue weighted by atomic mass is 9.96. The van der Waals surface area contributed by atoms with Crippen LogP contribution in [0.5, 0.6) is 17.2 Å². The van der Waals surface area contributed by atoms with Gasteiger partial charge in [0.25, 0.3) is 5.69 Å². The highest BCUT2D eigenvalue weighted by Gasteiger charge is 2.42. The summed E-state index contributed by atoms with van der Waals surface area (Å²) < 4.78 is 13.7. The van der Waals surface area contributed by atoms with E-state index >= 15 is 0 Å². The number of hydrogen-bond donors (Lipinski definition) is 1. The lowest BCUT2D eigenvalue weighted by Crippen LogP contribution is -2.29. The number of nitrogens with one attached hydrogen (secondary N) is 1. The number of nitrogens with zero attached hydrogens (tertiary/aromatic N) is 4. The highest BCUT2D eigenvalue weighted by atomic mass is 32.1. The average Bonchev–Trinajstić information content (AvgIpc) is 3.53. The first-order valence-corrected chi connectivity index (χ1v) is 14.5. The van der Waals surface area contributed by atoms with Gasteiger partial charge in [-0.05, 0) is 99.2 Å². The van der Waals surface area contributed by atoms with Gasteiger partial charge in [-0.25, -0.2) is 0 Å². The lowest BCUT2D eigenvalue weighted by Gasteiger charge is -2.28. The van der Waals surface area contributed by atoms with Gasteiger partial charge in [-0.2, -0.15) is 0 Å². The molecule has 0 radical (unpaired) electrons. The minimum absolute atomic E-state index is 0.0144. The molecule has 222 valence electrons. The van der Waals surface area contributed by atoms with Crippen LogP contribution < -0.4 is 19.7 Å². The van der Waals surface area contributed by atoms with E-state index in [0.717, 1.165) is 34.1 Å². The first-order valence-electron chi connectivity index (χ1n) is 14.1. The van der Waals surface area contributed by atoms with E-state index in [9.17, 15) is 10.1 Å². The molecular formula is C34H31N5O4S. The number of anilines is 1. The predicted molar refractivity (Wildman–Crippen MR) is 174 cm³/mol. The van der Waals surface area contributed by atoms with E-state index in [1.807, 2.05) is 92.1 Å². The molecule has 10 heteroatoms. The van der Waals surface area contributed by atoms with Crippen LogP contribution in [-0.4, -0.2) is 26.7 Å². The topological polar surface area (TPSA) is 94.7 Å². The summed E-state index contributed by atoms with van der Waals surface area (Å²) in [4.78, 5) is 18.0. The van der Waals surface area contributed by atoms with Crippen molar-refractivity contribution in [2.24, 2.45) is 0 Å². The van der Waals surface area contributed by atoms with Gasteiger partial charge >= 0.3 is 0 Å². The quantitative estimate of drug-likeness (QED) is 0.109. The first kappa shape index (κ1) is 28.9. The summed E-state index contributed by atoms with van der Waals surface area (Å²) in [6, 6.07) is 27.8. The molecule has 2 atom stereocenters. The summed E-state index contributed by atoms with van der Waals surface area (Å²) in [5.41, 5.74) is 6.28. The van der Waals surface area contributed by atoms with Gasteiger partial charge in [0.05, 0.1) is 35.5 Å². The van der Waals surface area contributed by atoms with Gasteiger partial charge in [0.1, 0.15) is 17.2 Å². The molecule has 1 saturated heterocycles. The number of rotatable bonds is 8. The van der Waals surface area contributed by atoms with E-state index in [1.165, 1.54) is 11.6 Å². The van der Waals surface area contributed by atoms with Crippen LogP contribution in [0.25, 0.3) is 5.69 Å². The Kier molecular flexibility index (Phi) is 7.75. The standard InChI is InChI=1S/C34H31N5O4S/c1-21-8-13-26(14-9-21)43-27-15-10-24(11-16-27)38-33(32(36-34(38)44)29-7-5-6-18-35-29)28-19-22(2)37(23(28)3)30-20-25(39(40)41)12-17-31(30)42-4/h5-20,32-33H,1-4H3,(H,36,44)/t32-,33-/m1/s1. The monoisotopic (exact) mass is 605 g/mol. The summed E-state index contributed by atoms with van der Waals surface area (Å²) in [5.74, 6) is 2.01. The van der Waals surface area contributed by atoms with Crippen LogP contribution in [0, 0.1) is 30.9 Å². The first-order chi connectivity index (χ1) is 21.2. The van der Waals surface area contributed by atoms with Gasteiger partial charge in [-0.3, -0.25) is 15.1 Å². The van der Waals surface area contributed by atoms with Gasteiger partial charge in [-0.15, -0.1) is 0 Å². The van der Waals surface area contributed by atoms with Crippen molar-refractivity contribution in [1.29, 1.82) is 0 Å². The number of benzene rings is 3. The molecule has 0 spiro atoms. The maximum Gasteiger partial charge on any atom is 0.271 e. The van der Waals surface area contributed by atoms with Crippen molar-refractivity contribution in [3.8, 4) is 22.9 Å². The summed E-state index contributed by atoms with van der Waals surface area (Å²) in [7, 11) is 1.56. The van der Waals surface area contributed by atoms with Gasteiger partial charge in [0.15, 0.2) is 5.11 Å². The number of methoxy groups -OCH3 is 1. The van der Waals surface area contributed by atoms with Gasteiger partial charge in [-0.1, -0.05) is 23.8 Å². The average molecular weight is 606 g/mol. The number of aromatic nitrogens is 2. The second-order valence-corrected chi connectivity index (χ2v) is 11.1. The SMILES string of the molecule is COc1ccc([N+](=O)[O-])cc1-n1c(C)cc([C@@H]2[C@@H](c3ccccn3)NC(=S)N2c2ccc(Oc3ccc(C)cc3)cc2)c1C. The van der Waals surface area contributed by atoms with E-state index in [1.54, 1.807) is 25.4 Å². The van der Waals surface area contributed by atoms with Crippen LogP contribution in [0.4, 0.5) is 11.4 Å². The fourth-order valence-corrected chi connectivity index (χ4v) is 6.14. The van der Waals surface area contributed by atoms with Crippen LogP contribution in [-0.2, 0) is 0 Å². The van der Waals surface area contributed by atoms with Gasteiger partial charge in [0.2, 0.25) is 0 Å². The molecule has 0 unspecified atom stereocenters.